The van der Waals surface area contributed by atoms with Gasteiger partial charge < -0.3 is 15.0 Å². The minimum atomic E-state index is -3.81. The molecule has 0 aliphatic carbocycles. The van der Waals surface area contributed by atoms with Crippen molar-refractivity contribution in [2.75, 3.05) is 5.32 Å². The zero-order valence-electron chi connectivity index (χ0n) is 22.8. The molecule has 2 N–H and O–H groups in total. The number of fused-ring (bicyclic) bond motifs is 1. The summed E-state index contributed by atoms with van der Waals surface area (Å²) >= 11 is 0. The van der Waals surface area contributed by atoms with Gasteiger partial charge in [-0.15, -0.1) is 0 Å². The Bertz CT molecular complexity index is 1360. The van der Waals surface area contributed by atoms with Crippen molar-refractivity contribution < 1.29 is 22.8 Å². The van der Waals surface area contributed by atoms with Crippen molar-refractivity contribution >= 4 is 29.3 Å². The van der Waals surface area contributed by atoms with Crippen LogP contribution in [0.1, 0.15) is 77.2 Å². The summed E-state index contributed by atoms with van der Waals surface area (Å²) in [5.41, 5.74) is -2.55. The van der Waals surface area contributed by atoms with Crippen molar-refractivity contribution in [1.82, 2.24) is 15.0 Å². The maximum atomic E-state index is 15.4. The van der Waals surface area contributed by atoms with Gasteiger partial charge in [0.05, 0.1) is 22.7 Å². The molecule has 0 radical (unpaired) electrons. The van der Waals surface area contributed by atoms with Crippen LogP contribution in [0, 0.1) is 19.7 Å². The minimum Gasteiger partial charge on any atom is -0.384 e. The van der Waals surface area contributed by atoms with Crippen molar-refractivity contribution in [2.45, 2.75) is 91.2 Å². The third-order valence-corrected chi connectivity index (χ3v) is 11.1. The van der Waals surface area contributed by atoms with Crippen LogP contribution in [0.5, 0.6) is 0 Å². The molecular weight excluding hydrogens is 500 g/mol. The number of benzene rings is 1. The van der Waals surface area contributed by atoms with Gasteiger partial charge in [-0.1, -0.05) is 39.8 Å². The third kappa shape index (κ3) is 5.13. The van der Waals surface area contributed by atoms with Crippen LogP contribution in [0.2, 0.25) is 0 Å². The molecule has 2 aromatic heterocycles. The first kappa shape index (κ1) is 29.1. The lowest BCUT2D eigenvalue weighted by Gasteiger charge is -2.30. The number of hydrogen-bond donors (Lipinski definition) is 2. The van der Waals surface area contributed by atoms with Crippen LogP contribution in [0.25, 0.3) is 11.0 Å². The maximum Gasteiger partial charge on any atom is 0.303 e. The number of halogens is 3. The minimum absolute atomic E-state index is 0.0128. The van der Waals surface area contributed by atoms with Crippen LogP contribution in [-0.4, -0.2) is 37.0 Å². The molecule has 0 fully saturated rings. The molecule has 0 spiro atoms. The number of aryl methyl sites for hydroxylation is 2. The van der Waals surface area contributed by atoms with Gasteiger partial charge in [0, 0.05) is 22.2 Å². The number of rotatable bonds is 8. The van der Waals surface area contributed by atoms with E-state index in [2.05, 4.69) is 20.3 Å². The Labute approximate surface area is 216 Å². The fourth-order valence-electron chi connectivity index (χ4n) is 4.60. The molecule has 1 atom stereocenters. The monoisotopic (exact) mass is 536 g/mol. The van der Waals surface area contributed by atoms with Crippen LogP contribution in [-0.2, 0) is 10.5 Å². The smallest absolute Gasteiger partial charge is 0.303 e. The predicted molar refractivity (Wildman–Crippen MR) is 143 cm³/mol. The van der Waals surface area contributed by atoms with Crippen molar-refractivity contribution in [1.29, 1.82) is 0 Å². The number of aromatic nitrogens is 3. The first-order valence-electron chi connectivity index (χ1n) is 12.3. The predicted octanol–water partition coefficient (Wildman–Crippen LogP) is 6.62. The molecule has 37 heavy (non-hydrogen) atoms. The summed E-state index contributed by atoms with van der Waals surface area (Å²) < 4.78 is 59.1. The normalized spacial score (nSPS) is 14.0. The van der Waals surface area contributed by atoms with Crippen molar-refractivity contribution in [3.8, 4) is 0 Å². The van der Waals surface area contributed by atoms with Gasteiger partial charge in [-0.3, -0.25) is 0 Å². The molecule has 0 saturated carbocycles. The van der Waals surface area contributed by atoms with Gasteiger partial charge in [0.1, 0.15) is 30.2 Å². The molecule has 0 bridgehead atoms. The van der Waals surface area contributed by atoms with Crippen LogP contribution < -0.4 is 10.6 Å². The largest absolute Gasteiger partial charge is 0.384 e. The summed E-state index contributed by atoms with van der Waals surface area (Å²) in [7, 11) is -2.84. The van der Waals surface area contributed by atoms with E-state index in [1.807, 2.05) is 34.6 Å². The van der Waals surface area contributed by atoms with E-state index in [0.29, 0.717) is 33.7 Å². The second-order valence-corrected chi connectivity index (χ2v) is 14.7. The number of alkyl halides is 2. The standard InChI is InChI=1S/C27H36F3N4O2P/c1-14(2)37(36,15(3)4)22-13-20-24(33-18(7)34-25(20)32-17(22)6)31-16(5)19-11-10-12-21(23(19)28)27(29,30)26(8,9)35/h10-16,35H,1-9H3,(H,31,32,33,34). The number of hydrogen-bond acceptors (Lipinski definition) is 6. The number of anilines is 1. The number of nitrogens with zero attached hydrogens (tertiary/aromatic N) is 3. The van der Waals surface area contributed by atoms with Crippen molar-refractivity contribution in [3.63, 3.8) is 0 Å². The lowest BCUT2D eigenvalue weighted by atomic mass is 9.91. The van der Waals surface area contributed by atoms with Crippen molar-refractivity contribution in [3.05, 3.63) is 52.7 Å². The number of aliphatic hydroxyl groups is 1. The molecule has 1 aromatic carbocycles. The van der Waals surface area contributed by atoms with E-state index in [9.17, 15) is 18.5 Å². The van der Waals surface area contributed by atoms with Gasteiger partial charge in [-0.25, -0.2) is 19.3 Å². The molecule has 1 unspecified atom stereocenters. The van der Waals surface area contributed by atoms with E-state index in [-0.39, 0.29) is 16.9 Å². The molecule has 0 aliphatic heterocycles. The summed E-state index contributed by atoms with van der Waals surface area (Å²) in [5.74, 6) is -4.16. The molecule has 0 saturated heterocycles. The molecular formula is C27H36F3N4O2P. The molecule has 10 heteroatoms. The Morgan fingerprint density at radius 3 is 2.14 bits per heavy atom. The Kier molecular flexibility index (Phi) is 7.84. The molecule has 0 aliphatic rings. The third-order valence-electron chi connectivity index (χ3n) is 6.83. The Hall–Kier alpha value is -2.51. The second kappa shape index (κ2) is 9.99. The average Bonchev–Trinajstić information content (AvgIpc) is 2.76. The van der Waals surface area contributed by atoms with Gasteiger partial charge in [0.15, 0.2) is 5.65 Å². The van der Waals surface area contributed by atoms with Crippen LogP contribution in [0.15, 0.2) is 24.3 Å². The van der Waals surface area contributed by atoms with Gasteiger partial charge in [0.25, 0.3) is 0 Å². The lowest BCUT2D eigenvalue weighted by Crippen LogP contribution is -2.41. The fraction of sp³-hybridized carbons (Fsp3) is 0.519. The highest BCUT2D eigenvalue weighted by molar-refractivity contribution is 7.72. The Balaban J connectivity index is 2.15. The zero-order valence-corrected chi connectivity index (χ0v) is 23.7. The van der Waals surface area contributed by atoms with Crippen LogP contribution in [0.3, 0.4) is 0 Å². The number of nitrogens with one attached hydrogen (secondary N) is 1. The summed E-state index contributed by atoms with van der Waals surface area (Å²) in [6, 6.07) is 4.73. The van der Waals surface area contributed by atoms with Gasteiger partial charge in [-0.2, -0.15) is 8.78 Å². The van der Waals surface area contributed by atoms with E-state index >= 15 is 4.39 Å². The van der Waals surface area contributed by atoms with E-state index in [4.69, 9.17) is 0 Å². The Morgan fingerprint density at radius 1 is 1.00 bits per heavy atom. The molecule has 3 aromatic rings. The Morgan fingerprint density at radius 2 is 1.59 bits per heavy atom. The first-order chi connectivity index (χ1) is 16.9. The van der Waals surface area contributed by atoms with Crippen LogP contribution >= 0.6 is 7.14 Å². The topological polar surface area (TPSA) is 88.0 Å². The molecule has 6 nitrogen and oxygen atoms in total. The summed E-state index contributed by atoms with van der Waals surface area (Å²) in [6.07, 6.45) is 0. The molecule has 2 heterocycles. The molecule has 0 amide bonds. The van der Waals surface area contributed by atoms with E-state index in [1.165, 1.54) is 12.1 Å². The first-order valence-corrected chi connectivity index (χ1v) is 14.2. The highest BCUT2D eigenvalue weighted by atomic mass is 31.2. The van der Waals surface area contributed by atoms with Gasteiger partial charge in [0.2, 0.25) is 0 Å². The van der Waals surface area contributed by atoms with E-state index in [0.717, 1.165) is 19.9 Å². The summed E-state index contributed by atoms with van der Waals surface area (Å²) in [6.45, 7) is 14.7. The highest BCUT2D eigenvalue weighted by Gasteiger charge is 2.49. The zero-order chi connectivity index (χ0) is 28.1. The molecule has 3 rings (SSSR count). The molecule has 202 valence electrons. The van der Waals surface area contributed by atoms with Gasteiger partial charge >= 0.3 is 5.92 Å². The summed E-state index contributed by atoms with van der Waals surface area (Å²) in [4.78, 5) is 13.5. The average molecular weight is 537 g/mol. The van der Waals surface area contributed by atoms with E-state index < -0.39 is 36.1 Å². The van der Waals surface area contributed by atoms with E-state index in [1.54, 1.807) is 19.9 Å². The SMILES string of the molecule is Cc1nc(NC(C)c2cccc(C(F)(F)C(C)(C)O)c2F)c2cc(P(=O)(C(C)C)C(C)C)c(C)nc2n1. The van der Waals surface area contributed by atoms with Crippen LogP contribution in [0.4, 0.5) is 19.0 Å². The number of pyridine rings is 1. The maximum absolute atomic E-state index is 15.4. The van der Waals surface area contributed by atoms with Gasteiger partial charge in [-0.05, 0) is 46.8 Å². The highest BCUT2D eigenvalue weighted by Crippen LogP contribution is 2.54. The van der Waals surface area contributed by atoms with Crippen molar-refractivity contribution in [2.24, 2.45) is 0 Å². The summed E-state index contributed by atoms with van der Waals surface area (Å²) in [5, 5.41) is 14.2. The lowest BCUT2D eigenvalue weighted by molar-refractivity contribution is -0.170. The fourth-order valence-corrected chi connectivity index (χ4v) is 7.79. The second-order valence-electron chi connectivity index (χ2n) is 10.7. The quantitative estimate of drug-likeness (QED) is 0.315.